The van der Waals surface area contributed by atoms with Crippen LogP contribution in [0, 0.1) is 0 Å². The number of hydrogen-bond donors (Lipinski definition) is 0. The Kier molecular flexibility index (Phi) is 4.99. The van der Waals surface area contributed by atoms with Crippen molar-refractivity contribution in [1.29, 1.82) is 0 Å². The fourth-order valence-corrected chi connectivity index (χ4v) is 3.83. The average molecular weight is 401 g/mol. The van der Waals surface area contributed by atoms with E-state index in [-0.39, 0.29) is 5.91 Å². The number of carbonyl (C=O) groups is 1. The molecule has 0 N–H and O–H groups in total. The third-order valence-corrected chi connectivity index (χ3v) is 5.53. The second-order valence-corrected chi connectivity index (χ2v) is 7.53. The van der Waals surface area contributed by atoms with Gasteiger partial charge in [0.15, 0.2) is 4.32 Å². The Morgan fingerprint density at radius 2 is 1.74 bits per heavy atom. The van der Waals surface area contributed by atoms with Gasteiger partial charge in [-0.3, -0.25) is 9.69 Å². The van der Waals surface area contributed by atoms with Crippen molar-refractivity contribution in [1.82, 2.24) is 0 Å². The molecule has 7 heteroatoms. The van der Waals surface area contributed by atoms with Crippen LogP contribution < -0.4 is 4.90 Å². The maximum absolute atomic E-state index is 12.6. The van der Waals surface area contributed by atoms with Crippen LogP contribution in [0.4, 0.5) is 5.69 Å². The van der Waals surface area contributed by atoms with Crippen molar-refractivity contribution in [2.24, 2.45) is 0 Å². The average Bonchev–Trinajstić information content (AvgIpc) is 2.79. The Hall–Kier alpha value is -1.04. The van der Waals surface area contributed by atoms with Gasteiger partial charge < -0.3 is 0 Å². The minimum absolute atomic E-state index is 0.196. The van der Waals surface area contributed by atoms with Crippen molar-refractivity contribution >= 4 is 80.8 Å². The zero-order valence-corrected chi connectivity index (χ0v) is 15.3. The fraction of sp³-hybridized carbons (Fsp3) is 0. The monoisotopic (exact) mass is 399 g/mol. The molecule has 2 aromatic carbocycles. The lowest BCUT2D eigenvalue weighted by Gasteiger charge is -2.14. The van der Waals surface area contributed by atoms with Crippen LogP contribution in [0.1, 0.15) is 5.56 Å². The first kappa shape index (κ1) is 16.8. The molecule has 0 radical (unpaired) electrons. The van der Waals surface area contributed by atoms with Crippen molar-refractivity contribution in [3.05, 3.63) is 68.0 Å². The van der Waals surface area contributed by atoms with Crippen molar-refractivity contribution < 1.29 is 4.79 Å². The molecule has 116 valence electrons. The van der Waals surface area contributed by atoms with E-state index in [4.69, 9.17) is 47.0 Å². The molecule has 0 unspecified atom stereocenters. The van der Waals surface area contributed by atoms with E-state index >= 15 is 0 Å². The number of benzene rings is 2. The van der Waals surface area contributed by atoms with Crippen LogP contribution in [-0.2, 0) is 4.79 Å². The quantitative estimate of drug-likeness (QED) is 0.452. The van der Waals surface area contributed by atoms with E-state index in [2.05, 4.69) is 0 Å². The zero-order chi connectivity index (χ0) is 16.6. The van der Waals surface area contributed by atoms with Gasteiger partial charge in [0.2, 0.25) is 0 Å². The van der Waals surface area contributed by atoms with E-state index in [0.717, 1.165) is 0 Å². The largest absolute Gasteiger partial charge is 0.270 e. The molecule has 0 aliphatic carbocycles. The molecule has 0 aromatic heterocycles. The van der Waals surface area contributed by atoms with Gasteiger partial charge >= 0.3 is 0 Å². The Morgan fingerprint density at radius 3 is 2.43 bits per heavy atom. The highest BCUT2D eigenvalue weighted by atomic mass is 35.5. The van der Waals surface area contributed by atoms with Gasteiger partial charge in [0.05, 0.1) is 20.6 Å². The summed E-state index contributed by atoms with van der Waals surface area (Å²) in [5.41, 5.74) is 1.35. The van der Waals surface area contributed by atoms with Gasteiger partial charge in [-0.1, -0.05) is 70.9 Å². The lowest BCUT2D eigenvalue weighted by atomic mass is 10.2. The number of rotatable bonds is 2. The Labute approximate surface area is 158 Å². The van der Waals surface area contributed by atoms with Crippen molar-refractivity contribution in [3.63, 3.8) is 0 Å². The maximum Gasteiger partial charge on any atom is 0.270 e. The molecular formula is C16H8Cl3NOS2. The fourth-order valence-electron chi connectivity index (χ4n) is 2.05. The summed E-state index contributed by atoms with van der Waals surface area (Å²) in [6, 6.07) is 12.2. The van der Waals surface area contributed by atoms with Crippen LogP contribution in [0.15, 0.2) is 47.4 Å². The third kappa shape index (κ3) is 3.42. The van der Waals surface area contributed by atoms with Crippen LogP contribution in [0.5, 0.6) is 0 Å². The summed E-state index contributed by atoms with van der Waals surface area (Å²) in [4.78, 5) is 14.6. The summed E-state index contributed by atoms with van der Waals surface area (Å²) in [6.45, 7) is 0. The lowest BCUT2D eigenvalue weighted by Crippen LogP contribution is -2.27. The van der Waals surface area contributed by atoms with Gasteiger partial charge in [0, 0.05) is 5.02 Å². The standard InChI is InChI=1S/C16H8Cl3NOS2/c17-10-4-6-11(7-5-10)20-15(21)13(23-16(20)22)8-9-2-1-3-12(18)14(9)19/h1-8H/b13-8-. The lowest BCUT2D eigenvalue weighted by molar-refractivity contribution is -0.113. The topological polar surface area (TPSA) is 20.3 Å². The van der Waals surface area contributed by atoms with Gasteiger partial charge in [-0.25, -0.2) is 0 Å². The van der Waals surface area contributed by atoms with Crippen molar-refractivity contribution in [2.45, 2.75) is 0 Å². The van der Waals surface area contributed by atoms with E-state index in [1.807, 2.05) is 0 Å². The second-order valence-electron chi connectivity index (χ2n) is 4.64. The van der Waals surface area contributed by atoms with Gasteiger partial charge in [0.1, 0.15) is 0 Å². The van der Waals surface area contributed by atoms with Crippen LogP contribution in [0.25, 0.3) is 6.08 Å². The smallest absolute Gasteiger partial charge is 0.268 e. The molecule has 2 nitrogen and oxygen atoms in total. The summed E-state index contributed by atoms with van der Waals surface area (Å²) in [7, 11) is 0. The second kappa shape index (κ2) is 6.83. The molecule has 0 bridgehead atoms. The summed E-state index contributed by atoms with van der Waals surface area (Å²) in [5, 5.41) is 1.44. The first-order chi connectivity index (χ1) is 11.0. The molecule has 1 saturated heterocycles. The number of nitrogens with zero attached hydrogens (tertiary/aromatic N) is 1. The number of amides is 1. The number of thioether (sulfide) groups is 1. The van der Waals surface area contributed by atoms with Crippen molar-refractivity contribution in [3.8, 4) is 0 Å². The minimum Gasteiger partial charge on any atom is -0.268 e. The molecule has 3 rings (SSSR count). The number of carbonyl (C=O) groups excluding carboxylic acids is 1. The van der Waals surface area contributed by atoms with E-state index in [1.54, 1.807) is 48.5 Å². The number of thiocarbonyl (C=S) groups is 1. The molecule has 1 aliphatic heterocycles. The van der Waals surface area contributed by atoms with Gasteiger partial charge in [-0.2, -0.15) is 0 Å². The highest BCUT2D eigenvalue weighted by molar-refractivity contribution is 8.27. The summed E-state index contributed by atoms with van der Waals surface area (Å²) >= 11 is 24.6. The van der Waals surface area contributed by atoms with E-state index in [9.17, 15) is 4.79 Å². The molecule has 0 spiro atoms. The van der Waals surface area contributed by atoms with Crippen LogP contribution in [0.3, 0.4) is 0 Å². The maximum atomic E-state index is 12.6. The molecule has 2 aromatic rings. The van der Waals surface area contributed by atoms with E-state index < -0.39 is 0 Å². The third-order valence-electron chi connectivity index (χ3n) is 3.15. The minimum atomic E-state index is -0.196. The molecule has 23 heavy (non-hydrogen) atoms. The zero-order valence-electron chi connectivity index (χ0n) is 11.4. The molecule has 1 amide bonds. The van der Waals surface area contributed by atoms with E-state index in [1.165, 1.54) is 16.7 Å². The number of hydrogen-bond acceptors (Lipinski definition) is 3. The van der Waals surface area contributed by atoms with Gasteiger partial charge in [-0.15, -0.1) is 0 Å². The Morgan fingerprint density at radius 1 is 1.04 bits per heavy atom. The first-order valence-corrected chi connectivity index (χ1v) is 8.81. The predicted molar refractivity (Wildman–Crippen MR) is 104 cm³/mol. The summed E-state index contributed by atoms with van der Waals surface area (Å²) < 4.78 is 0.460. The Bertz CT molecular complexity index is 834. The van der Waals surface area contributed by atoms with Crippen LogP contribution in [0.2, 0.25) is 15.1 Å². The normalized spacial score (nSPS) is 16.5. The number of halogens is 3. The first-order valence-electron chi connectivity index (χ1n) is 6.45. The predicted octanol–water partition coefficient (Wildman–Crippen LogP) is 6.05. The number of anilines is 1. The summed E-state index contributed by atoms with van der Waals surface area (Å²) in [5.74, 6) is -0.196. The molecule has 1 heterocycles. The molecule has 0 atom stereocenters. The molecule has 1 aliphatic rings. The summed E-state index contributed by atoms with van der Waals surface area (Å²) in [6.07, 6.45) is 1.70. The van der Waals surface area contributed by atoms with Crippen LogP contribution >= 0.6 is 58.8 Å². The highest BCUT2D eigenvalue weighted by Crippen LogP contribution is 2.37. The van der Waals surface area contributed by atoms with Crippen molar-refractivity contribution in [2.75, 3.05) is 4.90 Å². The van der Waals surface area contributed by atoms with Crippen LogP contribution in [-0.4, -0.2) is 10.2 Å². The van der Waals surface area contributed by atoms with E-state index in [0.29, 0.717) is 35.5 Å². The van der Waals surface area contributed by atoms with Gasteiger partial charge in [-0.05, 0) is 42.0 Å². The molecular weight excluding hydrogens is 393 g/mol. The molecule has 0 saturated carbocycles. The SMILES string of the molecule is O=C1/C(=C/c2cccc(Cl)c2Cl)SC(=S)N1c1ccc(Cl)cc1. The Balaban J connectivity index is 1.96. The molecule has 1 fully saturated rings. The highest BCUT2D eigenvalue weighted by Gasteiger charge is 2.33. The van der Waals surface area contributed by atoms with Gasteiger partial charge in [0.25, 0.3) is 5.91 Å².